The van der Waals surface area contributed by atoms with Crippen LogP contribution in [0, 0.1) is 13.8 Å². The van der Waals surface area contributed by atoms with Crippen LogP contribution in [0.1, 0.15) is 27.0 Å². The van der Waals surface area contributed by atoms with E-state index in [-0.39, 0.29) is 81.6 Å². The van der Waals surface area contributed by atoms with E-state index in [9.17, 15) is 30.7 Å². The molecule has 0 saturated heterocycles. The van der Waals surface area contributed by atoms with E-state index >= 15 is 0 Å². The van der Waals surface area contributed by atoms with Crippen LogP contribution in [0.5, 0.6) is 0 Å². The molecule has 13 heteroatoms. The Labute approximate surface area is 224 Å². The number of hydrogen-bond acceptors (Lipinski definition) is 9. The first kappa shape index (κ1) is 28.2. The minimum absolute atomic E-state index is 0. The fourth-order valence-corrected chi connectivity index (χ4v) is 4.46. The molecule has 0 heterocycles. The summed E-state index contributed by atoms with van der Waals surface area (Å²) in [5.41, 5.74) is 3.13. The summed E-state index contributed by atoms with van der Waals surface area (Å²) in [6.45, 7) is 3.20. The zero-order valence-electron chi connectivity index (χ0n) is 17.2. The third-order valence-corrected chi connectivity index (χ3v) is 5.98. The first-order chi connectivity index (χ1) is 13.4. The zero-order valence-corrected chi connectivity index (χ0v) is 22.8. The quantitative estimate of drug-likeness (QED) is 0.262. The third kappa shape index (κ3) is 6.14. The number of fused-ring (bicyclic) bond motifs is 1. The molecule has 1 aliphatic rings. The van der Waals surface area contributed by atoms with Gasteiger partial charge in [0.2, 0.25) is 5.78 Å². The molecule has 0 saturated carbocycles. The number of allylic oxidation sites excluding steroid dienone is 1. The van der Waals surface area contributed by atoms with E-state index < -0.39 is 35.8 Å². The van der Waals surface area contributed by atoms with Crippen LogP contribution in [0.2, 0.25) is 0 Å². The Balaban J connectivity index is 0.00000240. The predicted octanol–water partition coefficient (Wildman–Crippen LogP) is -4.20. The number of Topliss-reactive ketones (excluding diaryl/α,β-unsaturated/α-hetero) is 1. The molecule has 0 aliphatic heterocycles. The maximum absolute atomic E-state index is 12.6. The maximum atomic E-state index is 12.6. The molecule has 3 rings (SSSR count). The van der Waals surface area contributed by atoms with Gasteiger partial charge < -0.3 is 9.11 Å². The van der Waals surface area contributed by atoms with Crippen molar-refractivity contribution in [3.05, 3.63) is 58.7 Å². The van der Waals surface area contributed by atoms with Crippen LogP contribution in [0.4, 0.5) is 5.69 Å². The maximum Gasteiger partial charge on any atom is 1.00 e. The van der Waals surface area contributed by atoms with Crippen LogP contribution in [0.25, 0.3) is 6.08 Å². The smallest absolute Gasteiger partial charge is 0.744 e. The molecular formula is C18H14N2Na2O7S2. The summed E-state index contributed by atoms with van der Waals surface area (Å²) in [5.74, 6) is -0.670. The van der Waals surface area contributed by atoms with Crippen molar-refractivity contribution in [1.82, 2.24) is 0 Å². The second-order valence-corrected chi connectivity index (χ2v) is 9.05. The van der Waals surface area contributed by atoms with E-state index in [0.717, 1.165) is 6.07 Å². The van der Waals surface area contributed by atoms with Gasteiger partial charge in [0.25, 0.3) is 0 Å². The summed E-state index contributed by atoms with van der Waals surface area (Å²) in [5, 5.41) is 3.89. The molecule has 152 valence electrons. The Kier molecular flexibility index (Phi) is 9.44. The fraction of sp³-hybridized carbons (Fsp3) is 0.111. The minimum atomic E-state index is -4.80. The average Bonchev–Trinajstić information content (AvgIpc) is 2.60. The summed E-state index contributed by atoms with van der Waals surface area (Å²) in [7, 11) is -9.58. The number of ketones is 1. The first-order valence-electron chi connectivity index (χ1n) is 8.12. The first-order valence-corrected chi connectivity index (χ1v) is 10.9. The van der Waals surface area contributed by atoms with Gasteiger partial charge >= 0.3 is 59.1 Å². The zero-order chi connectivity index (χ0) is 21.6. The predicted molar refractivity (Wildman–Crippen MR) is 103 cm³/mol. The van der Waals surface area contributed by atoms with Crippen LogP contribution in [-0.2, 0) is 20.2 Å². The number of nitrogens with zero attached hydrogens (tertiary/aromatic N) is 1. The Morgan fingerprint density at radius 2 is 1.52 bits per heavy atom. The molecule has 1 N–H and O–H groups in total. The van der Waals surface area contributed by atoms with Gasteiger partial charge in [0, 0.05) is 11.1 Å². The molecule has 0 unspecified atom stereocenters. The summed E-state index contributed by atoms with van der Waals surface area (Å²) >= 11 is 0. The number of anilines is 1. The van der Waals surface area contributed by atoms with Crippen molar-refractivity contribution in [3.63, 3.8) is 0 Å². The van der Waals surface area contributed by atoms with Gasteiger partial charge in [-0.05, 0) is 43.2 Å². The van der Waals surface area contributed by atoms with E-state index in [1.54, 1.807) is 19.9 Å². The molecular weight excluding hydrogens is 466 g/mol. The van der Waals surface area contributed by atoms with E-state index in [4.69, 9.17) is 0 Å². The van der Waals surface area contributed by atoms with Crippen molar-refractivity contribution in [1.29, 1.82) is 0 Å². The summed E-state index contributed by atoms with van der Waals surface area (Å²) in [6.07, 6.45) is 2.45. The van der Waals surface area contributed by atoms with Crippen molar-refractivity contribution in [2.24, 2.45) is 5.10 Å². The van der Waals surface area contributed by atoms with Crippen molar-refractivity contribution >= 4 is 43.5 Å². The number of benzene rings is 2. The summed E-state index contributed by atoms with van der Waals surface area (Å²) in [4.78, 5) is 11.6. The Morgan fingerprint density at radius 1 is 0.903 bits per heavy atom. The van der Waals surface area contributed by atoms with E-state index in [1.165, 1.54) is 30.4 Å². The monoisotopic (exact) mass is 480 g/mol. The molecule has 0 radical (unpaired) electrons. The fourth-order valence-electron chi connectivity index (χ4n) is 2.98. The van der Waals surface area contributed by atoms with Gasteiger partial charge in [0.15, 0.2) is 0 Å². The second kappa shape index (κ2) is 10.4. The summed E-state index contributed by atoms with van der Waals surface area (Å²) < 4.78 is 68.8. The van der Waals surface area contributed by atoms with Crippen molar-refractivity contribution in [2.45, 2.75) is 23.6 Å². The van der Waals surface area contributed by atoms with E-state index in [2.05, 4.69) is 10.5 Å². The Hall–Kier alpha value is -0.860. The number of carbonyl (C=O) groups excluding carboxylic acids is 1. The molecule has 9 nitrogen and oxygen atoms in total. The molecule has 0 bridgehead atoms. The third-order valence-electron chi connectivity index (χ3n) is 4.22. The molecule has 2 aromatic carbocycles. The van der Waals surface area contributed by atoms with Crippen LogP contribution in [0.15, 0.2) is 51.3 Å². The van der Waals surface area contributed by atoms with Gasteiger partial charge in [0.05, 0.1) is 15.5 Å². The summed E-state index contributed by atoms with van der Waals surface area (Å²) in [6, 6.07) is 6.53. The number of aryl methyl sites for hydroxylation is 2. The molecule has 1 aliphatic carbocycles. The molecule has 0 fully saturated rings. The van der Waals surface area contributed by atoms with E-state index in [1.807, 2.05) is 0 Å². The number of carbonyl (C=O) groups is 1. The van der Waals surface area contributed by atoms with Gasteiger partial charge in [-0.3, -0.25) is 10.2 Å². The van der Waals surface area contributed by atoms with Crippen molar-refractivity contribution in [2.75, 3.05) is 5.43 Å². The van der Waals surface area contributed by atoms with Gasteiger partial charge in [0.1, 0.15) is 25.9 Å². The standard InChI is InChI=1S/C18H16N2O7S2.2Na/c1-10-8-11(2)17(16(9-10)29(25,26)27)20-19-14-7-6-12-13(18(14)21)4-3-5-15(12)28(22,23)24;;/h3-9,20H,1-2H3,(H,22,23,24)(H,25,26,27);;/q;2*+1/p-2/b19-14-;;. The Morgan fingerprint density at radius 3 is 2.10 bits per heavy atom. The molecule has 31 heavy (non-hydrogen) atoms. The second-order valence-electron chi connectivity index (χ2n) is 6.35. The topological polar surface area (TPSA) is 156 Å². The van der Waals surface area contributed by atoms with Crippen LogP contribution in [-0.4, -0.2) is 37.4 Å². The molecule has 0 atom stereocenters. The number of hydrogen-bond donors (Lipinski definition) is 1. The van der Waals surface area contributed by atoms with Gasteiger partial charge in [-0.2, -0.15) is 5.10 Å². The van der Waals surface area contributed by atoms with Crippen LogP contribution >= 0.6 is 0 Å². The largest absolute Gasteiger partial charge is 1.00 e. The van der Waals surface area contributed by atoms with Gasteiger partial charge in [-0.15, -0.1) is 0 Å². The van der Waals surface area contributed by atoms with Gasteiger partial charge in [-0.1, -0.05) is 24.3 Å². The molecule has 0 aromatic heterocycles. The van der Waals surface area contributed by atoms with E-state index in [0.29, 0.717) is 11.1 Å². The minimum Gasteiger partial charge on any atom is -0.744 e. The molecule has 0 amide bonds. The van der Waals surface area contributed by atoms with Crippen molar-refractivity contribution in [3.8, 4) is 0 Å². The SMILES string of the molecule is Cc1cc(C)c(N/N=C2/C=Cc3c(cccc3S(=O)(=O)[O-])C2=O)c(S(=O)(=O)[O-])c1.[Na+].[Na+]. The normalized spacial score (nSPS) is 14.5. The number of rotatable bonds is 4. The van der Waals surface area contributed by atoms with Crippen LogP contribution < -0.4 is 64.5 Å². The van der Waals surface area contributed by atoms with Crippen molar-refractivity contribution < 1.29 is 89.9 Å². The number of nitrogens with one attached hydrogen (secondary N) is 1. The molecule has 0 spiro atoms. The van der Waals surface area contributed by atoms with Crippen LogP contribution in [0.3, 0.4) is 0 Å². The molecule has 2 aromatic rings. The Bertz CT molecular complexity index is 1320. The van der Waals surface area contributed by atoms with Gasteiger partial charge in [-0.25, -0.2) is 16.8 Å². The average molecular weight is 480 g/mol. The number of hydrazone groups is 1.